The Balaban J connectivity index is 2.33. The van der Waals surface area contributed by atoms with Crippen molar-refractivity contribution in [1.82, 2.24) is 4.98 Å². The van der Waals surface area contributed by atoms with Crippen LogP contribution in [-0.4, -0.2) is 4.98 Å². The molecule has 86 valence electrons. The van der Waals surface area contributed by atoms with E-state index in [1.807, 2.05) is 38.1 Å². The molecule has 2 aromatic rings. The van der Waals surface area contributed by atoms with Crippen LogP contribution in [0.1, 0.15) is 19.4 Å². The Morgan fingerprint density at radius 2 is 2.00 bits per heavy atom. The van der Waals surface area contributed by atoms with Crippen molar-refractivity contribution in [3.8, 4) is 16.9 Å². The highest BCUT2D eigenvalue weighted by molar-refractivity contribution is 6.30. The molecule has 17 heavy (non-hydrogen) atoms. The van der Waals surface area contributed by atoms with Gasteiger partial charge in [-0.25, -0.2) is 0 Å². The van der Waals surface area contributed by atoms with Crippen molar-refractivity contribution in [2.45, 2.75) is 19.4 Å². The highest BCUT2D eigenvalue weighted by Crippen LogP contribution is 2.45. The number of nitrogens with zero attached hydrogens (tertiary/aromatic N) is 1. The van der Waals surface area contributed by atoms with E-state index in [1.54, 1.807) is 12.4 Å². The molecule has 3 heteroatoms. The predicted molar refractivity (Wildman–Crippen MR) is 68.3 cm³/mol. The lowest BCUT2D eigenvalue weighted by atomic mass is 9.87. The van der Waals surface area contributed by atoms with Crippen LogP contribution in [0.15, 0.2) is 36.7 Å². The highest BCUT2D eigenvalue weighted by Gasteiger charge is 2.32. The van der Waals surface area contributed by atoms with Gasteiger partial charge in [-0.15, -0.1) is 0 Å². The fraction of sp³-hybridized carbons (Fsp3) is 0.214. The first-order valence-electron chi connectivity index (χ1n) is 5.51. The monoisotopic (exact) mass is 245 g/mol. The van der Waals surface area contributed by atoms with Gasteiger partial charge in [0.1, 0.15) is 11.4 Å². The van der Waals surface area contributed by atoms with E-state index >= 15 is 0 Å². The Morgan fingerprint density at radius 3 is 2.82 bits per heavy atom. The third-order valence-corrected chi connectivity index (χ3v) is 3.31. The molecule has 0 fully saturated rings. The molecule has 1 aromatic carbocycles. The quantitative estimate of drug-likeness (QED) is 0.699. The topological polar surface area (TPSA) is 22.1 Å². The van der Waals surface area contributed by atoms with E-state index in [4.69, 9.17) is 16.3 Å². The van der Waals surface area contributed by atoms with Crippen molar-refractivity contribution in [1.29, 1.82) is 0 Å². The molecule has 0 unspecified atom stereocenters. The zero-order valence-corrected chi connectivity index (χ0v) is 10.5. The predicted octanol–water partition coefficient (Wildman–Crippen LogP) is 4.03. The van der Waals surface area contributed by atoms with Crippen molar-refractivity contribution < 1.29 is 4.74 Å². The number of halogens is 1. The molecule has 1 aliphatic heterocycles. The minimum absolute atomic E-state index is 0.379. The summed E-state index contributed by atoms with van der Waals surface area (Å²) in [6, 6.07) is 7.89. The van der Waals surface area contributed by atoms with Gasteiger partial charge in [0.15, 0.2) is 0 Å². The summed E-state index contributed by atoms with van der Waals surface area (Å²) in [6.45, 7) is 4.08. The number of fused-ring (bicyclic) bond motifs is 3. The van der Waals surface area contributed by atoms with Crippen molar-refractivity contribution in [2.75, 3.05) is 0 Å². The number of hydrogen-bond donors (Lipinski definition) is 0. The molecule has 0 radical (unpaired) electrons. The molecule has 0 saturated carbocycles. The second-order valence-electron chi connectivity index (χ2n) is 4.67. The molecular formula is C14H12ClNO. The Kier molecular flexibility index (Phi) is 2.17. The molecular weight excluding hydrogens is 234 g/mol. The summed E-state index contributed by atoms with van der Waals surface area (Å²) >= 11 is 6.06. The summed E-state index contributed by atoms with van der Waals surface area (Å²) in [4.78, 5) is 4.10. The van der Waals surface area contributed by atoms with Gasteiger partial charge in [-0.05, 0) is 37.6 Å². The number of rotatable bonds is 0. The van der Waals surface area contributed by atoms with Crippen molar-refractivity contribution >= 4 is 11.6 Å². The molecule has 3 rings (SSSR count). The Morgan fingerprint density at radius 1 is 1.18 bits per heavy atom. The first-order chi connectivity index (χ1) is 8.08. The van der Waals surface area contributed by atoms with Crippen LogP contribution in [0.25, 0.3) is 11.1 Å². The van der Waals surface area contributed by atoms with E-state index in [-0.39, 0.29) is 5.60 Å². The zero-order chi connectivity index (χ0) is 12.0. The maximum absolute atomic E-state index is 6.06. The lowest BCUT2D eigenvalue weighted by Gasteiger charge is -2.34. The average Bonchev–Trinajstić information content (AvgIpc) is 2.29. The Labute approximate surface area is 105 Å². The van der Waals surface area contributed by atoms with Gasteiger partial charge in [0.25, 0.3) is 0 Å². The average molecular weight is 246 g/mol. The van der Waals surface area contributed by atoms with Gasteiger partial charge in [0.2, 0.25) is 0 Å². The van der Waals surface area contributed by atoms with E-state index < -0.39 is 0 Å². The largest absolute Gasteiger partial charge is 0.481 e. The van der Waals surface area contributed by atoms with Crippen molar-refractivity contribution in [3.05, 3.63) is 47.2 Å². The number of aromatic nitrogens is 1. The van der Waals surface area contributed by atoms with Crippen LogP contribution < -0.4 is 4.74 Å². The number of pyridine rings is 1. The lowest BCUT2D eigenvalue weighted by Crippen LogP contribution is -2.29. The smallest absolute Gasteiger partial charge is 0.146 e. The SMILES string of the molecule is CC1(C)Oc2cnccc2-c2ccc(Cl)cc21. The van der Waals surface area contributed by atoms with E-state index in [1.165, 1.54) is 5.56 Å². The summed E-state index contributed by atoms with van der Waals surface area (Å²) in [7, 11) is 0. The minimum Gasteiger partial charge on any atom is -0.481 e. The standard InChI is InChI=1S/C14H12ClNO/c1-14(2)12-7-9(15)3-4-10(12)11-5-6-16-8-13(11)17-14/h3-8H,1-2H3. The maximum Gasteiger partial charge on any atom is 0.146 e. The van der Waals surface area contributed by atoms with Crippen molar-refractivity contribution in [3.63, 3.8) is 0 Å². The second kappa shape index (κ2) is 3.47. The summed E-state index contributed by atoms with van der Waals surface area (Å²) < 4.78 is 5.98. The van der Waals surface area contributed by atoms with Crippen LogP contribution in [0.4, 0.5) is 0 Å². The molecule has 2 nitrogen and oxygen atoms in total. The van der Waals surface area contributed by atoms with Crippen LogP contribution in [0, 0.1) is 0 Å². The van der Waals surface area contributed by atoms with Gasteiger partial charge in [0.05, 0.1) is 6.20 Å². The van der Waals surface area contributed by atoms with Gasteiger partial charge in [-0.1, -0.05) is 17.7 Å². The van der Waals surface area contributed by atoms with Crippen LogP contribution in [0.2, 0.25) is 5.02 Å². The number of hydrogen-bond acceptors (Lipinski definition) is 2. The summed E-state index contributed by atoms with van der Waals surface area (Å²) in [6.07, 6.45) is 3.54. The fourth-order valence-corrected chi connectivity index (χ4v) is 2.44. The minimum atomic E-state index is -0.379. The van der Waals surface area contributed by atoms with E-state index in [2.05, 4.69) is 4.98 Å². The van der Waals surface area contributed by atoms with Crippen LogP contribution in [0.5, 0.6) is 5.75 Å². The normalized spacial score (nSPS) is 15.7. The number of ether oxygens (including phenoxy) is 1. The van der Waals surface area contributed by atoms with Crippen molar-refractivity contribution in [2.24, 2.45) is 0 Å². The van der Waals surface area contributed by atoms with E-state index in [0.29, 0.717) is 0 Å². The molecule has 0 spiro atoms. The lowest BCUT2D eigenvalue weighted by molar-refractivity contribution is 0.105. The molecule has 2 heterocycles. The number of benzene rings is 1. The van der Waals surface area contributed by atoms with Gasteiger partial charge in [-0.2, -0.15) is 0 Å². The Hall–Kier alpha value is -1.54. The molecule has 0 aliphatic carbocycles. The summed E-state index contributed by atoms with van der Waals surface area (Å²) in [5.74, 6) is 0.826. The zero-order valence-electron chi connectivity index (χ0n) is 9.70. The fourth-order valence-electron chi connectivity index (χ4n) is 2.26. The first-order valence-corrected chi connectivity index (χ1v) is 5.89. The Bertz CT molecular complexity index is 593. The van der Waals surface area contributed by atoms with Gasteiger partial charge < -0.3 is 4.74 Å². The van der Waals surface area contributed by atoms with E-state index in [9.17, 15) is 0 Å². The first kappa shape index (κ1) is 10.6. The van der Waals surface area contributed by atoms with Crippen LogP contribution in [-0.2, 0) is 5.60 Å². The second-order valence-corrected chi connectivity index (χ2v) is 5.11. The van der Waals surface area contributed by atoms with Crippen LogP contribution >= 0.6 is 11.6 Å². The molecule has 0 N–H and O–H groups in total. The molecule has 1 aromatic heterocycles. The molecule has 0 bridgehead atoms. The molecule has 1 aliphatic rings. The van der Waals surface area contributed by atoms with Gasteiger partial charge in [-0.3, -0.25) is 4.98 Å². The summed E-state index contributed by atoms with van der Waals surface area (Å²) in [5, 5.41) is 0.734. The van der Waals surface area contributed by atoms with Gasteiger partial charge in [0, 0.05) is 22.3 Å². The third kappa shape index (κ3) is 1.60. The highest BCUT2D eigenvalue weighted by atomic mass is 35.5. The third-order valence-electron chi connectivity index (χ3n) is 3.07. The summed E-state index contributed by atoms with van der Waals surface area (Å²) in [5.41, 5.74) is 2.98. The molecule has 0 amide bonds. The molecule has 0 saturated heterocycles. The van der Waals surface area contributed by atoms with Crippen LogP contribution in [0.3, 0.4) is 0 Å². The molecule has 0 atom stereocenters. The maximum atomic E-state index is 6.06. The van der Waals surface area contributed by atoms with E-state index in [0.717, 1.165) is 21.9 Å². The van der Waals surface area contributed by atoms with Gasteiger partial charge >= 0.3 is 0 Å².